The van der Waals surface area contributed by atoms with Gasteiger partial charge in [0, 0.05) is 20.8 Å². The summed E-state index contributed by atoms with van der Waals surface area (Å²) in [6, 6.07) is 15.3. The lowest BCUT2D eigenvalue weighted by molar-refractivity contribution is 0.872. The van der Waals surface area contributed by atoms with Gasteiger partial charge in [-0.25, -0.2) is 0 Å². The van der Waals surface area contributed by atoms with Gasteiger partial charge in [-0.3, -0.25) is 0 Å². The molecule has 152 valence electrons. The molecular weight excluding hydrogens is 462 g/mol. The van der Waals surface area contributed by atoms with E-state index in [1.807, 2.05) is 38.1 Å². The van der Waals surface area contributed by atoms with Gasteiger partial charge in [-0.15, -0.1) is 0 Å². The number of rotatable bonds is 2. The Morgan fingerprint density at radius 2 is 1.07 bits per heavy atom. The first-order valence-corrected chi connectivity index (χ1v) is 10.4. The molecule has 2 aromatic carbocycles. The first kappa shape index (κ1) is 22.3. The van der Waals surface area contributed by atoms with E-state index in [2.05, 4.69) is 12.1 Å². The number of halogens is 4. The first-order chi connectivity index (χ1) is 14.3. The Labute approximate surface area is 194 Å². The maximum atomic E-state index is 8.71. The van der Waals surface area contributed by atoms with Gasteiger partial charge in [0.15, 0.2) is 0 Å². The van der Waals surface area contributed by atoms with Crippen molar-refractivity contribution < 1.29 is 0 Å². The SMILES string of the molecule is Cc1c(Cl)n(CC#N)c2ccc(Cl)cc12.Cc1c(Cl)n(CC#N)c2ccc(Cl)cc12. The molecule has 8 heteroatoms. The average molecular weight is 478 g/mol. The molecule has 0 N–H and O–H groups in total. The Kier molecular flexibility index (Phi) is 6.86. The van der Waals surface area contributed by atoms with Crippen LogP contribution in [0.5, 0.6) is 0 Å². The van der Waals surface area contributed by atoms with Crippen molar-refractivity contribution in [3.8, 4) is 12.1 Å². The van der Waals surface area contributed by atoms with E-state index >= 15 is 0 Å². The molecule has 2 heterocycles. The van der Waals surface area contributed by atoms with Crippen LogP contribution in [0, 0.1) is 36.5 Å². The maximum absolute atomic E-state index is 8.71. The Morgan fingerprint density at radius 3 is 1.40 bits per heavy atom. The highest BCUT2D eigenvalue weighted by Gasteiger charge is 2.13. The second-order valence-electron chi connectivity index (χ2n) is 6.64. The standard InChI is InChI=1S/2C11H8Cl2N2/c2*1-7-9-6-8(12)2-3-10(9)15(5-4-14)11(7)13/h2*2-3,6H,5H2,1H3. The van der Waals surface area contributed by atoms with E-state index in [1.165, 1.54) is 0 Å². The van der Waals surface area contributed by atoms with Crippen LogP contribution >= 0.6 is 46.4 Å². The van der Waals surface area contributed by atoms with Gasteiger partial charge in [-0.1, -0.05) is 46.4 Å². The van der Waals surface area contributed by atoms with Gasteiger partial charge in [0.05, 0.1) is 23.2 Å². The van der Waals surface area contributed by atoms with Gasteiger partial charge in [-0.05, 0) is 61.4 Å². The molecule has 0 spiro atoms. The van der Waals surface area contributed by atoms with Crippen LogP contribution in [0.1, 0.15) is 11.1 Å². The van der Waals surface area contributed by atoms with Crippen LogP contribution in [-0.2, 0) is 13.1 Å². The van der Waals surface area contributed by atoms with Gasteiger partial charge < -0.3 is 9.13 Å². The maximum Gasteiger partial charge on any atom is 0.113 e. The number of aryl methyl sites for hydroxylation is 2. The van der Waals surface area contributed by atoms with Crippen molar-refractivity contribution >= 4 is 68.2 Å². The lowest BCUT2D eigenvalue weighted by atomic mass is 10.2. The van der Waals surface area contributed by atoms with E-state index in [-0.39, 0.29) is 13.1 Å². The molecule has 2 aromatic heterocycles. The molecule has 0 unspecified atom stereocenters. The summed E-state index contributed by atoms with van der Waals surface area (Å²) in [5.74, 6) is 0. The fourth-order valence-electron chi connectivity index (χ4n) is 3.38. The Bertz CT molecular complexity index is 1230. The van der Waals surface area contributed by atoms with Crippen molar-refractivity contribution in [1.82, 2.24) is 9.13 Å². The number of hydrogen-bond donors (Lipinski definition) is 0. The summed E-state index contributed by atoms with van der Waals surface area (Å²) in [7, 11) is 0. The molecule has 0 saturated heterocycles. The van der Waals surface area contributed by atoms with Crippen molar-refractivity contribution in [1.29, 1.82) is 10.5 Å². The molecule has 0 bridgehead atoms. The summed E-state index contributed by atoms with van der Waals surface area (Å²) in [4.78, 5) is 0. The Hall–Kier alpha value is -2.34. The highest BCUT2D eigenvalue weighted by molar-refractivity contribution is 6.34. The van der Waals surface area contributed by atoms with Crippen LogP contribution in [-0.4, -0.2) is 9.13 Å². The number of benzene rings is 2. The summed E-state index contributed by atoms with van der Waals surface area (Å²) in [6.45, 7) is 4.36. The molecular formula is C22H16Cl4N4. The fraction of sp³-hybridized carbons (Fsp3) is 0.182. The van der Waals surface area contributed by atoms with E-state index in [4.69, 9.17) is 56.9 Å². The molecule has 4 nitrogen and oxygen atoms in total. The predicted octanol–water partition coefficient (Wildman–Crippen LogP) is 7.56. The van der Waals surface area contributed by atoms with E-state index in [9.17, 15) is 0 Å². The Morgan fingerprint density at radius 1 is 0.700 bits per heavy atom. The smallest absolute Gasteiger partial charge is 0.113 e. The van der Waals surface area contributed by atoms with Crippen molar-refractivity contribution in [3.05, 3.63) is 67.9 Å². The zero-order valence-electron chi connectivity index (χ0n) is 16.2. The average Bonchev–Trinajstić information content (AvgIpc) is 3.09. The van der Waals surface area contributed by atoms with Gasteiger partial charge in [0.2, 0.25) is 0 Å². The van der Waals surface area contributed by atoms with Crippen LogP contribution in [0.15, 0.2) is 36.4 Å². The van der Waals surface area contributed by atoms with Crippen molar-refractivity contribution in [2.75, 3.05) is 0 Å². The summed E-state index contributed by atoms with van der Waals surface area (Å²) >= 11 is 24.1. The van der Waals surface area contributed by atoms with Crippen LogP contribution in [0.4, 0.5) is 0 Å². The van der Waals surface area contributed by atoms with Gasteiger partial charge in [0.25, 0.3) is 0 Å². The minimum absolute atomic E-state index is 0.255. The fourth-order valence-corrected chi connectivity index (χ4v) is 4.23. The zero-order chi connectivity index (χ0) is 22.0. The largest absolute Gasteiger partial charge is 0.317 e. The lowest BCUT2D eigenvalue weighted by Gasteiger charge is -2.00. The van der Waals surface area contributed by atoms with Crippen molar-refractivity contribution in [2.24, 2.45) is 0 Å². The van der Waals surface area contributed by atoms with E-state index in [0.717, 1.165) is 32.9 Å². The van der Waals surface area contributed by atoms with Crippen LogP contribution in [0.3, 0.4) is 0 Å². The van der Waals surface area contributed by atoms with E-state index in [1.54, 1.807) is 21.3 Å². The second kappa shape index (κ2) is 9.21. The molecule has 4 aromatic rings. The quantitative estimate of drug-likeness (QED) is 0.299. The number of nitriles is 2. The minimum atomic E-state index is 0.255. The number of fused-ring (bicyclic) bond motifs is 2. The van der Waals surface area contributed by atoms with E-state index in [0.29, 0.717) is 20.4 Å². The summed E-state index contributed by atoms with van der Waals surface area (Å²) in [5, 5.41) is 22.0. The molecule has 0 fully saturated rings. The minimum Gasteiger partial charge on any atom is -0.317 e. The Balaban J connectivity index is 0.000000171. The molecule has 4 rings (SSSR count). The number of hydrogen-bond acceptors (Lipinski definition) is 2. The molecule has 0 amide bonds. The third-order valence-electron chi connectivity index (χ3n) is 4.86. The van der Waals surface area contributed by atoms with Crippen molar-refractivity contribution in [3.63, 3.8) is 0 Å². The van der Waals surface area contributed by atoms with Crippen LogP contribution in [0.25, 0.3) is 21.8 Å². The van der Waals surface area contributed by atoms with Crippen LogP contribution < -0.4 is 0 Å². The number of nitrogens with zero attached hydrogens (tertiary/aromatic N) is 4. The normalized spacial score (nSPS) is 10.5. The third kappa shape index (κ3) is 4.10. The first-order valence-electron chi connectivity index (χ1n) is 8.91. The molecule has 0 aliphatic carbocycles. The van der Waals surface area contributed by atoms with Crippen LogP contribution in [0.2, 0.25) is 20.4 Å². The topological polar surface area (TPSA) is 57.4 Å². The van der Waals surface area contributed by atoms with Gasteiger partial charge >= 0.3 is 0 Å². The molecule has 0 atom stereocenters. The van der Waals surface area contributed by atoms with Crippen molar-refractivity contribution in [2.45, 2.75) is 26.9 Å². The molecule has 30 heavy (non-hydrogen) atoms. The number of aromatic nitrogens is 2. The molecule has 0 saturated carbocycles. The van der Waals surface area contributed by atoms with E-state index < -0.39 is 0 Å². The molecule has 0 aliphatic rings. The summed E-state index contributed by atoms with van der Waals surface area (Å²) in [5.41, 5.74) is 3.82. The monoisotopic (exact) mass is 476 g/mol. The zero-order valence-corrected chi connectivity index (χ0v) is 19.2. The third-order valence-corrected chi connectivity index (χ3v) is 6.30. The predicted molar refractivity (Wildman–Crippen MR) is 125 cm³/mol. The highest BCUT2D eigenvalue weighted by Crippen LogP contribution is 2.32. The second-order valence-corrected chi connectivity index (χ2v) is 8.23. The molecule has 0 aliphatic heterocycles. The molecule has 0 radical (unpaired) electrons. The highest BCUT2D eigenvalue weighted by atomic mass is 35.5. The lowest BCUT2D eigenvalue weighted by Crippen LogP contribution is -1.94. The van der Waals surface area contributed by atoms with Gasteiger partial charge in [0.1, 0.15) is 23.4 Å². The summed E-state index contributed by atoms with van der Waals surface area (Å²) in [6.07, 6.45) is 0. The van der Waals surface area contributed by atoms with Gasteiger partial charge in [-0.2, -0.15) is 10.5 Å². The summed E-state index contributed by atoms with van der Waals surface area (Å²) < 4.78 is 3.56.